The van der Waals surface area contributed by atoms with E-state index in [1.54, 1.807) is 12.3 Å². The molecule has 2 aliphatic rings. The van der Waals surface area contributed by atoms with E-state index < -0.39 is 0 Å². The Bertz CT molecular complexity index is 245. The summed E-state index contributed by atoms with van der Waals surface area (Å²) >= 11 is 0. The highest BCUT2D eigenvalue weighted by molar-refractivity contribution is 5.90. The van der Waals surface area contributed by atoms with Gasteiger partial charge in [0.1, 0.15) is 5.60 Å². The van der Waals surface area contributed by atoms with Crippen LogP contribution in [0, 0.1) is 5.92 Å². The van der Waals surface area contributed by atoms with Gasteiger partial charge in [0.2, 0.25) is 0 Å². The zero-order valence-electron chi connectivity index (χ0n) is 8.08. The zero-order chi connectivity index (χ0) is 9.31. The lowest BCUT2D eigenvalue weighted by atomic mass is 9.75. The van der Waals surface area contributed by atoms with Gasteiger partial charge < -0.3 is 4.74 Å². The van der Waals surface area contributed by atoms with Crippen molar-refractivity contribution in [1.29, 1.82) is 0 Å². The molecular formula is C12H20O2. The summed E-state index contributed by atoms with van der Waals surface area (Å²) < 4.78 is 5.65. The standard InChI is InChI=1S/C11H16O2.CH4/c1-9-3-2-5-11(7-9)8-10(12)4-6-13-11;/h4,6,9H,2-3,5,7-8H2,1H3;1H4. The van der Waals surface area contributed by atoms with Crippen LogP contribution < -0.4 is 0 Å². The van der Waals surface area contributed by atoms with Crippen LogP contribution in [0.3, 0.4) is 0 Å². The van der Waals surface area contributed by atoms with Gasteiger partial charge in [0.25, 0.3) is 0 Å². The molecule has 2 rings (SSSR count). The fourth-order valence-corrected chi connectivity index (χ4v) is 2.55. The van der Waals surface area contributed by atoms with Crippen molar-refractivity contribution in [3.8, 4) is 0 Å². The Balaban J connectivity index is 0.000000980. The van der Waals surface area contributed by atoms with Crippen molar-refractivity contribution in [1.82, 2.24) is 0 Å². The number of carbonyl (C=O) groups excluding carboxylic acids is 1. The molecule has 1 saturated carbocycles. The molecule has 1 spiro atoms. The molecule has 0 aromatic rings. The molecule has 1 fully saturated rings. The minimum absolute atomic E-state index is 0. The van der Waals surface area contributed by atoms with E-state index in [2.05, 4.69) is 6.92 Å². The Kier molecular flexibility index (Phi) is 3.35. The predicted octanol–water partition coefficient (Wildman–Crippen LogP) is 3.07. The smallest absolute Gasteiger partial charge is 0.162 e. The molecule has 0 aromatic carbocycles. The first kappa shape index (κ1) is 11.3. The van der Waals surface area contributed by atoms with E-state index >= 15 is 0 Å². The van der Waals surface area contributed by atoms with Gasteiger partial charge in [-0.05, 0) is 25.2 Å². The normalized spacial score (nSPS) is 36.4. The molecule has 2 nitrogen and oxygen atoms in total. The fourth-order valence-electron chi connectivity index (χ4n) is 2.55. The van der Waals surface area contributed by atoms with Gasteiger partial charge in [0, 0.05) is 6.08 Å². The summed E-state index contributed by atoms with van der Waals surface area (Å²) in [4.78, 5) is 11.3. The van der Waals surface area contributed by atoms with E-state index in [4.69, 9.17) is 4.74 Å². The molecule has 80 valence electrons. The van der Waals surface area contributed by atoms with Gasteiger partial charge in [-0.1, -0.05) is 20.8 Å². The van der Waals surface area contributed by atoms with Gasteiger partial charge in [0.15, 0.2) is 5.78 Å². The molecule has 0 bridgehead atoms. The van der Waals surface area contributed by atoms with Crippen molar-refractivity contribution in [3.05, 3.63) is 12.3 Å². The van der Waals surface area contributed by atoms with Gasteiger partial charge in [-0.25, -0.2) is 0 Å². The van der Waals surface area contributed by atoms with E-state index in [0.717, 1.165) is 12.8 Å². The highest BCUT2D eigenvalue weighted by atomic mass is 16.5. The van der Waals surface area contributed by atoms with Crippen LogP contribution in [0.15, 0.2) is 12.3 Å². The summed E-state index contributed by atoms with van der Waals surface area (Å²) in [5.74, 6) is 0.924. The maximum absolute atomic E-state index is 11.3. The van der Waals surface area contributed by atoms with Gasteiger partial charge >= 0.3 is 0 Å². The third-order valence-electron chi connectivity index (χ3n) is 3.12. The van der Waals surface area contributed by atoms with Crippen LogP contribution in [0.5, 0.6) is 0 Å². The molecule has 1 aliphatic carbocycles. The minimum atomic E-state index is -0.135. The van der Waals surface area contributed by atoms with E-state index in [9.17, 15) is 4.79 Å². The average molecular weight is 196 g/mol. The topological polar surface area (TPSA) is 26.3 Å². The highest BCUT2D eigenvalue weighted by Gasteiger charge is 2.39. The zero-order valence-corrected chi connectivity index (χ0v) is 8.08. The number of ether oxygens (including phenoxy) is 1. The minimum Gasteiger partial charge on any atom is -0.494 e. The third kappa shape index (κ3) is 2.17. The molecule has 0 N–H and O–H groups in total. The molecule has 0 amide bonds. The van der Waals surface area contributed by atoms with Crippen LogP contribution in [-0.2, 0) is 9.53 Å². The summed E-state index contributed by atoms with van der Waals surface area (Å²) in [5.41, 5.74) is -0.135. The summed E-state index contributed by atoms with van der Waals surface area (Å²) in [6.45, 7) is 2.24. The molecule has 1 heterocycles. The van der Waals surface area contributed by atoms with E-state index in [0.29, 0.717) is 12.3 Å². The van der Waals surface area contributed by atoms with Gasteiger partial charge in [-0.3, -0.25) is 4.79 Å². The Hall–Kier alpha value is -0.790. The van der Waals surface area contributed by atoms with Crippen LogP contribution >= 0.6 is 0 Å². The lowest BCUT2D eigenvalue weighted by Crippen LogP contribution is -2.40. The number of hydrogen-bond donors (Lipinski definition) is 0. The number of ketones is 1. The molecular weight excluding hydrogens is 176 g/mol. The van der Waals surface area contributed by atoms with Crippen molar-refractivity contribution >= 4 is 5.78 Å². The van der Waals surface area contributed by atoms with Crippen LogP contribution in [0.2, 0.25) is 0 Å². The van der Waals surface area contributed by atoms with Crippen LogP contribution in [0.1, 0.15) is 46.5 Å². The highest BCUT2D eigenvalue weighted by Crippen LogP contribution is 2.39. The Morgan fingerprint density at radius 2 is 2.36 bits per heavy atom. The van der Waals surface area contributed by atoms with E-state index in [-0.39, 0.29) is 18.8 Å². The molecule has 14 heavy (non-hydrogen) atoms. The second-order valence-corrected chi connectivity index (χ2v) is 4.45. The van der Waals surface area contributed by atoms with Crippen molar-refractivity contribution in [3.63, 3.8) is 0 Å². The molecule has 2 atom stereocenters. The number of hydrogen-bond acceptors (Lipinski definition) is 2. The molecule has 2 unspecified atom stereocenters. The molecule has 0 saturated heterocycles. The monoisotopic (exact) mass is 196 g/mol. The van der Waals surface area contributed by atoms with Crippen molar-refractivity contribution in [2.45, 2.75) is 52.1 Å². The van der Waals surface area contributed by atoms with Crippen molar-refractivity contribution in [2.24, 2.45) is 5.92 Å². The summed E-state index contributed by atoms with van der Waals surface area (Å²) in [7, 11) is 0. The first-order valence-corrected chi connectivity index (χ1v) is 5.07. The van der Waals surface area contributed by atoms with Crippen LogP contribution in [0.4, 0.5) is 0 Å². The number of rotatable bonds is 0. The Morgan fingerprint density at radius 3 is 3.00 bits per heavy atom. The molecule has 0 aromatic heterocycles. The quantitative estimate of drug-likeness (QED) is 0.595. The van der Waals surface area contributed by atoms with Crippen LogP contribution in [-0.4, -0.2) is 11.4 Å². The lowest BCUT2D eigenvalue weighted by Gasteiger charge is -2.40. The Morgan fingerprint density at radius 1 is 1.57 bits per heavy atom. The second-order valence-electron chi connectivity index (χ2n) is 4.45. The maximum Gasteiger partial charge on any atom is 0.162 e. The molecule has 1 aliphatic heterocycles. The van der Waals surface area contributed by atoms with E-state index in [1.807, 2.05) is 0 Å². The first-order valence-electron chi connectivity index (χ1n) is 5.07. The predicted molar refractivity (Wildman–Crippen MR) is 56.9 cm³/mol. The summed E-state index contributed by atoms with van der Waals surface area (Å²) in [6, 6.07) is 0. The summed E-state index contributed by atoms with van der Waals surface area (Å²) in [5, 5.41) is 0. The van der Waals surface area contributed by atoms with Crippen molar-refractivity contribution in [2.75, 3.05) is 0 Å². The first-order chi connectivity index (χ1) is 6.20. The molecule has 0 radical (unpaired) electrons. The molecule has 2 heteroatoms. The van der Waals surface area contributed by atoms with Crippen LogP contribution in [0.25, 0.3) is 0 Å². The number of allylic oxidation sites excluding steroid dienone is 1. The SMILES string of the molecule is C.CC1CCCC2(CC(=O)C=CO2)C1. The summed E-state index contributed by atoms with van der Waals surface area (Å²) in [6.07, 6.45) is 8.30. The van der Waals surface area contributed by atoms with Gasteiger partial charge in [-0.2, -0.15) is 0 Å². The largest absolute Gasteiger partial charge is 0.494 e. The van der Waals surface area contributed by atoms with Gasteiger partial charge in [0.05, 0.1) is 12.7 Å². The maximum atomic E-state index is 11.3. The van der Waals surface area contributed by atoms with Gasteiger partial charge in [-0.15, -0.1) is 0 Å². The van der Waals surface area contributed by atoms with E-state index in [1.165, 1.54) is 12.8 Å². The average Bonchev–Trinajstić information content (AvgIpc) is 2.02. The second kappa shape index (κ2) is 4.16. The number of carbonyl (C=O) groups is 1. The fraction of sp³-hybridized carbons (Fsp3) is 0.750. The van der Waals surface area contributed by atoms with Crippen molar-refractivity contribution < 1.29 is 9.53 Å². The Labute approximate surface area is 86.3 Å². The lowest BCUT2D eigenvalue weighted by molar-refractivity contribution is -0.125. The third-order valence-corrected chi connectivity index (χ3v) is 3.12.